The molecule has 11 heavy (non-hydrogen) atoms. The maximum atomic E-state index is 12.3. The van der Waals surface area contributed by atoms with E-state index >= 15 is 0 Å². The Morgan fingerprint density at radius 1 is 1.55 bits per heavy atom. The molecule has 58 valence electrons. The number of nitrogens with one attached hydrogen (secondary N) is 1. The van der Waals surface area contributed by atoms with Crippen LogP contribution in [0.4, 0.5) is 4.39 Å². The van der Waals surface area contributed by atoms with Crippen LogP contribution in [0.2, 0.25) is 0 Å². The number of nitrogens with zero attached hydrogens (tertiary/aromatic N) is 1. The van der Waals surface area contributed by atoms with Gasteiger partial charge in [-0.25, -0.2) is 4.98 Å². The number of aromatic nitrogens is 1. The molecule has 1 aliphatic rings. The summed E-state index contributed by atoms with van der Waals surface area (Å²) in [6.07, 6.45) is 2.72. The van der Waals surface area contributed by atoms with Gasteiger partial charge in [0.1, 0.15) is 0 Å². The lowest BCUT2D eigenvalue weighted by Gasteiger charge is -2.27. The quantitative estimate of drug-likeness (QED) is 0.613. The summed E-state index contributed by atoms with van der Waals surface area (Å²) in [5.74, 6) is -0.409. The van der Waals surface area contributed by atoms with Crippen molar-refractivity contribution in [1.82, 2.24) is 10.3 Å². The first-order valence-electron chi connectivity index (χ1n) is 3.71. The van der Waals surface area contributed by atoms with Crippen LogP contribution in [-0.2, 0) is 0 Å². The van der Waals surface area contributed by atoms with E-state index in [-0.39, 0.29) is 0 Å². The van der Waals surface area contributed by atoms with Gasteiger partial charge in [-0.2, -0.15) is 4.39 Å². The van der Waals surface area contributed by atoms with Crippen molar-refractivity contribution in [1.29, 1.82) is 0 Å². The van der Waals surface area contributed by atoms with Crippen molar-refractivity contribution < 1.29 is 4.39 Å². The third kappa shape index (κ3) is 1.24. The van der Waals surface area contributed by atoms with E-state index in [1.165, 1.54) is 6.07 Å². The van der Waals surface area contributed by atoms with Gasteiger partial charge in [0.25, 0.3) is 0 Å². The van der Waals surface area contributed by atoms with Crippen LogP contribution in [0.1, 0.15) is 18.0 Å². The fourth-order valence-corrected chi connectivity index (χ4v) is 1.17. The highest BCUT2D eigenvalue weighted by atomic mass is 19.1. The SMILES string of the molecule is Fc1ccc([C@@H]2CCN2)cn1. The Balaban J connectivity index is 2.18. The molecule has 1 aromatic rings. The molecule has 1 saturated heterocycles. The first kappa shape index (κ1) is 6.73. The van der Waals surface area contributed by atoms with Gasteiger partial charge in [0.05, 0.1) is 0 Å². The molecule has 0 aromatic carbocycles. The van der Waals surface area contributed by atoms with Gasteiger partial charge in [-0.1, -0.05) is 6.07 Å². The molecule has 0 aliphatic carbocycles. The van der Waals surface area contributed by atoms with E-state index in [4.69, 9.17) is 0 Å². The van der Waals surface area contributed by atoms with Gasteiger partial charge in [-0.15, -0.1) is 0 Å². The highest BCUT2D eigenvalue weighted by Crippen LogP contribution is 2.21. The molecular weight excluding hydrogens is 143 g/mol. The van der Waals surface area contributed by atoms with E-state index in [2.05, 4.69) is 10.3 Å². The molecule has 3 heteroatoms. The summed E-state index contributed by atoms with van der Waals surface area (Å²) in [6.45, 7) is 1.06. The molecular formula is C8H9FN2. The van der Waals surface area contributed by atoms with Crippen molar-refractivity contribution in [3.8, 4) is 0 Å². The summed E-state index contributed by atoms with van der Waals surface area (Å²) in [7, 11) is 0. The average molecular weight is 152 g/mol. The molecule has 0 bridgehead atoms. The predicted molar refractivity (Wildman–Crippen MR) is 39.6 cm³/mol. The third-order valence-corrected chi connectivity index (χ3v) is 1.98. The summed E-state index contributed by atoms with van der Waals surface area (Å²) in [4.78, 5) is 3.58. The maximum Gasteiger partial charge on any atom is 0.212 e. The van der Waals surface area contributed by atoms with Crippen LogP contribution >= 0.6 is 0 Å². The topological polar surface area (TPSA) is 24.9 Å². The Morgan fingerprint density at radius 2 is 2.36 bits per heavy atom. The lowest BCUT2D eigenvalue weighted by Crippen LogP contribution is -2.34. The highest BCUT2D eigenvalue weighted by molar-refractivity contribution is 5.16. The minimum absolute atomic E-state index is 0.406. The Labute approximate surface area is 64.5 Å². The van der Waals surface area contributed by atoms with Crippen LogP contribution in [0.15, 0.2) is 18.3 Å². The largest absolute Gasteiger partial charge is 0.310 e. The van der Waals surface area contributed by atoms with Crippen molar-refractivity contribution in [2.45, 2.75) is 12.5 Å². The monoisotopic (exact) mass is 152 g/mol. The number of halogens is 1. The van der Waals surface area contributed by atoms with Crippen LogP contribution < -0.4 is 5.32 Å². The van der Waals surface area contributed by atoms with E-state index in [1.54, 1.807) is 12.3 Å². The molecule has 1 fully saturated rings. The first-order chi connectivity index (χ1) is 5.36. The predicted octanol–water partition coefficient (Wildman–Crippen LogP) is 1.26. The average Bonchev–Trinajstić information content (AvgIpc) is 1.90. The molecule has 0 amide bonds. The minimum Gasteiger partial charge on any atom is -0.310 e. The van der Waals surface area contributed by atoms with Crippen molar-refractivity contribution in [2.24, 2.45) is 0 Å². The lowest BCUT2D eigenvalue weighted by atomic mass is 10.0. The molecule has 2 rings (SSSR count). The van der Waals surface area contributed by atoms with Gasteiger partial charge < -0.3 is 5.32 Å². The van der Waals surface area contributed by atoms with Crippen molar-refractivity contribution in [2.75, 3.05) is 6.54 Å². The Hall–Kier alpha value is -0.960. The zero-order valence-electron chi connectivity index (χ0n) is 6.05. The third-order valence-electron chi connectivity index (χ3n) is 1.98. The molecule has 0 radical (unpaired) electrons. The van der Waals surface area contributed by atoms with E-state index in [1.807, 2.05) is 0 Å². The second kappa shape index (κ2) is 2.58. The van der Waals surface area contributed by atoms with Crippen LogP contribution in [0.25, 0.3) is 0 Å². The Morgan fingerprint density at radius 3 is 2.82 bits per heavy atom. The summed E-state index contributed by atoms with van der Waals surface area (Å²) in [5.41, 5.74) is 1.08. The van der Waals surface area contributed by atoms with Gasteiger partial charge in [0.15, 0.2) is 0 Å². The zero-order chi connectivity index (χ0) is 7.68. The minimum atomic E-state index is -0.409. The maximum absolute atomic E-state index is 12.3. The van der Waals surface area contributed by atoms with E-state index in [0.717, 1.165) is 18.5 Å². The van der Waals surface area contributed by atoms with Gasteiger partial charge >= 0.3 is 0 Å². The lowest BCUT2D eigenvalue weighted by molar-refractivity contribution is 0.381. The normalized spacial score (nSPS) is 22.8. The first-order valence-corrected chi connectivity index (χ1v) is 3.71. The number of pyridine rings is 1. The van der Waals surface area contributed by atoms with Crippen LogP contribution in [-0.4, -0.2) is 11.5 Å². The van der Waals surface area contributed by atoms with Crippen LogP contribution in [0, 0.1) is 5.95 Å². The standard InChI is InChI=1S/C8H9FN2/c9-8-2-1-6(5-11-8)7-3-4-10-7/h1-2,5,7,10H,3-4H2/t7-/m0/s1. The van der Waals surface area contributed by atoms with Gasteiger partial charge in [-0.05, 0) is 24.6 Å². The van der Waals surface area contributed by atoms with Crippen LogP contribution in [0.3, 0.4) is 0 Å². The Bertz CT molecular complexity index is 241. The zero-order valence-corrected chi connectivity index (χ0v) is 6.05. The number of hydrogen-bond donors (Lipinski definition) is 1. The van der Waals surface area contributed by atoms with Crippen molar-refractivity contribution >= 4 is 0 Å². The number of rotatable bonds is 1. The van der Waals surface area contributed by atoms with E-state index < -0.39 is 5.95 Å². The molecule has 0 spiro atoms. The van der Waals surface area contributed by atoms with Crippen LogP contribution in [0.5, 0.6) is 0 Å². The molecule has 2 nitrogen and oxygen atoms in total. The fourth-order valence-electron chi connectivity index (χ4n) is 1.17. The van der Waals surface area contributed by atoms with Gasteiger partial charge in [0.2, 0.25) is 5.95 Å². The van der Waals surface area contributed by atoms with E-state index in [9.17, 15) is 4.39 Å². The summed E-state index contributed by atoms with van der Waals surface area (Å²) >= 11 is 0. The number of hydrogen-bond acceptors (Lipinski definition) is 2. The molecule has 2 heterocycles. The second-order valence-corrected chi connectivity index (χ2v) is 2.71. The van der Waals surface area contributed by atoms with Gasteiger partial charge in [-0.3, -0.25) is 0 Å². The second-order valence-electron chi connectivity index (χ2n) is 2.71. The molecule has 0 unspecified atom stereocenters. The summed E-state index contributed by atoms with van der Waals surface area (Å²) < 4.78 is 12.3. The summed E-state index contributed by atoms with van der Waals surface area (Å²) in [5, 5.41) is 3.22. The highest BCUT2D eigenvalue weighted by Gasteiger charge is 2.18. The molecule has 0 saturated carbocycles. The summed E-state index contributed by atoms with van der Waals surface area (Å²) in [6, 6.07) is 3.58. The molecule has 1 aliphatic heterocycles. The fraction of sp³-hybridized carbons (Fsp3) is 0.375. The molecule has 1 aromatic heterocycles. The van der Waals surface area contributed by atoms with Crippen molar-refractivity contribution in [3.05, 3.63) is 29.8 Å². The molecule has 1 atom stereocenters. The Kier molecular flexibility index (Phi) is 1.58. The van der Waals surface area contributed by atoms with Gasteiger partial charge in [0, 0.05) is 12.2 Å². The van der Waals surface area contributed by atoms with E-state index in [0.29, 0.717) is 6.04 Å². The molecule has 1 N–H and O–H groups in total. The van der Waals surface area contributed by atoms with Crippen molar-refractivity contribution in [3.63, 3.8) is 0 Å². The smallest absolute Gasteiger partial charge is 0.212 e.